The third kappa shape index (κ3) is 4.68. The van der Waals surface area contributed by atoms with E-state index in [9.17, 15) is 0 Å². The molecular weight excluding hydrogens is 597 g/mol. The van der Waals surface area contributed by atoms with Crippen molar-refractivity contribution in [3.05, 3.63) is 190 Å². The number of nitrogens with zero attached hydrogens (tertiary/aromatic N) is 3. The van der Waals surface area contributed by atoms with Crippen LogP contribution in [0, 0.1) is 5.92 Å². The summed E-state index contributed by atoms with van der Waals surface area (Å²) in [4.78, 5) is 10.3. The van der Waals surface area contributed by atoms with Gasteiger partial charge in [-0.15, -0.1) is 0 Å². The van der Waals surface area contributed by atoms with Crippen LogP contribution in [-0.4, -0.2) is 6.04 Å². The molecule has 0 spiro atoms. The van der Waals surface area contributed by atoms with Crippen LogP contribution in [0.2, 0.25) is 0 Å². The molecule has 0 radical (unpaired) electrons. The van der Waals surface area contributed by atoms with Gasteiger partial charge in [0.1, 0.15) is 12.0 Å². The topological polar surface area (TPSA) is 30.9 Å². The Morgan fingerprint density at radius 2 is 1.53 bits per heavy atom. The highest BCUT2D eigenvalue weighted by molar-refractivity contribution is 5.79. The lowest BCUT2D eigenvalue weighted by Crippen LogP contribution is -2.48. The molecular formula is C45H40N4. The van der Waals surface area contributed by atoms with Crippen molar-refractivity contribution in [1.82, 2.24) is 5.32 Å². The predicted octanol–water partition coefficient (Wildman–Crippen LogP) is 8.66. The fourth-order valence-electron chi connectivity index (χ4n) is 9.11. The number of rotatable bonds is 4. The van der Waals surface area contributed by atoms with Crippen LogP contribution < -0.4 is 25.7 Å². The number of para-hydroxylation sites is 3. The van der Waals surface area contributed by atoms with Crippen molar-refractivity contribution in [1.29, 1.82) is 0 Å². The van der Waals surface area contributed by atoms with Crippen LogP contribution in [0.4, 0.5) is 11.4 Å². The molecule has 4 aromatic rings. The molecule has 4 nitrogen and oxygen atoms in total. The summed E-state index contributed by atoms with van der Waals surface area (Å²) in [7, 11) is 0. The second-order valence-corrected chi connectivity index (χ2v) is 14.1. The Kier molecular flexibility index (Phi) is 6.82. The zero-order chi connectivity index (χ0) is 32.3. The van der Waals surface area contributed by atoms with Crippen molar-refractivity contribution in [3.8, 4) is 0 Å². The van der Waals surface area contributed by atoms with Crippen molar-refractivity contribution in [2.45, 2.75) is 56.1 Å². The number of fused-ring (bicyclic) bond motifs is 7. The predicted molar refractivity (Wildman–Crippen MR) is 199 cm³/mol. The fourth-order valence-corrected chi connectivity index (χ4v) is 9.11. The molecule has 5 unspecified atom stereocenters. The minimum atomic E-state index is -0.148. The Balaban J connectivity index is 1.04. The van der Waals surface area contributed by atoms with Gasteiger partial charge in [0.2, 0.25) is 0 Å². The van der Waals surface area contributed by atoms with E-state index >= 15 is 0 Å². The molecule has 3 heterocycles. The van der Waals surface area contributed by atoms with Crippen LogP contribution in [0.1, 0.15) is 66.8 Å². The first-order chi connectivity index (χ1) is 24.3. The van der Waals surface area contributed by atoms with Gasteiger partial charge in [-0.1, -0.05) is 115 Å². The molecule has 3 aliphatic carbocycles. The molecule has 6 aliphatic rings. The molecule has 49 heavy (non-hydrogen) atoms. The second-order valence-electron chi connectivity index (χ2n) is 14.1. The summed E-state index contributed by atoms with van der Waals surface area (Å²) in [5, 5.41) is 6.11. The van der Waals surface area contributed by atoms with Crippen LogP contribution in [-0.2, 0) is 0 Å². The first-order valence-corrected chi connectivity index (χ1v) is 18.0. The minimum absolute atomic E-state index is 0.148. The zero-order valence-electron chi connectivity index (χ0n) is 27.6. The van der Waals surface area contributed by atoms with Crippen LogP contribution in [0.3, 0.4) is 0 Å². The third-order valence-electron chi connectivity index (χ3n) is 11.4. The number of benzene rings is 4. The molecule has 4 heteroatoms. The van der Waals surface area contributed by atoms with Gasteiger partial charge in [0, 0.05) is 39.8 Å². The summed E-state index contributed by atoms with van der Waals surface area (Å²) >= 11 is 0. The van der Waals surface area contributed by atoms with Crippen LogP contribution in [0.25, 0.3) is 5.82 Å². The minimum Gasteiger partial charge on any atom is -0.346 e. The lowest BCUT2D eigenvalue weighted by Gasteiger charge is -2.37. The van der Waals surface area contributed by atoms with E-state index in [4.69, 9.17) is 4.99 Å². The molecule has 240 valence electrons. The Hall–Kier alpha value is -5.35. The Labute approximate surface area is 288 Å². The standard InChI is InChI=1S/C45H40N4/c1-2-7-17-33(16-6-1)48-40-22-12-10-19-35(40)38-28-31(25-27-42(38)48)32-24-26-36-34-18-9-13-23-41(34)49(43(36)29-32)45-37-20-8-11-21-39(37)46-44(47-45)30-14-4-3-5-15-30/h3-6,8-24,26-27,29,31,36,38,43-44,47H,1-2,7,25,28H2. The van der Waals surface area contributed by atoms with E-state index in [0.29, 0.717) is 17.8 Å². The molecule has 0 fully saturated rings. The number of hydrogen-bond donors (Lipinski definition) is 1. The maximum Gasteiger partial charge on any atom is 0.146 e. The van der Waals surface area contributed by atoms with Gasteiger partial charge >= 0.3 is 0 Å². The first kappa shape index (κ1) is 28.6. The first-order valence-electron chi connectivity index (χ1n) is 18.0. The number of allylic oxidation sites excluding steroid dienone is 7. The van der Waals surface area contributed by atoms with E-state index in [1.54, 1.807) is 0 Å². The highest BCUT2D eigenvalue weighted by Crippen LogP contribution is 2.54. The summed E-state index contributed by atoms with van der Waals surface area (Å²) in [5.41, 5.74) is 10.9. The maximum absolute atomic E-state index is 5.17. The number of anilines is 2. The molecule has 0 saturated heterocycles. The van der Waals surface area contributed by atoms with Gasteiger partial charge in [-0.3, -0.25) is 4.99 Å². The molecule has 5 atom stereocenters. The highest BCUT2D eigenvalue weighted by Gasteiger charge is 2.43. The van der Waals surface area contributed by atoms with Gasteiger partial charge in [0.15, 0.2) is 0 Å². The van der Waals surface area contributed by atoms with E-state index in [0.717, 1.165) is 42.1 Å². The van der Waals surface area contributed by atoms with Crippen molar-refractivity contribution in [2.75, 3.05) is 9.80 Å². The summed E-state index contributed by atoms with van der Waals surface area (Å²) in [5.74, 6) is 2.31. The average molecular weight is 637 g/mol. The molecule has 0 saturated carbocycles. The zero-order valence-corrected chi connectivity index (χ0v) is 27.6. The van der Waals surface area contributed by atoms with Crippen LogP contribution >= 0.6 is 0 Å². The molecule has 0 amide bonds. The molecule has 4 aromatic carbocycles. The summed E-state index contributed by atoms with van der Waals surface area (Å²) in [6, 6.07) is 37.5. The quantitative estimate of drug-likeness (QED) is 0.243. The monoisotopic (exact) mass is 636 g/mol. The number of nitrogens with one attached hydrogen (secondary N) is 1. The van der Waals surface area contributed by atoms with Crippen molar-refractivity contribution >= 4 is 17.2 Å². The number of hydrogen-bond acceptors (Lipinski definition) is 4. The smallest absolute Gasteiger partial charge is 0.146 e. The van der Waals surface area contributed by atoms with Gasteiger partial charge in [-0.05, 0) is 90.6 Å². The van der Waals surface area contributed by atoms with E-state index in [1.807, 2.05) is 0 Å². The fraction of sp³-hybridized carbons (Fsp3) is 0.222. The highest BCUT2D eigenvalue weighted by atomic mass is 15.3. The van der Waals surface area contributed by atoms with E-state index in [-0.39, 0.29) is 12.2 Å². The summed E-state index contributed by atoms with van der Waals surface area (Å²) in [6.45, 7) is 0. The molecule has 1 N–H and O–H groups in total. The average Bonchev–Trinajstić information content (AvgIpc) is 3.52. The normalized spacial score (nSPS) is 26.2. The molecule has 0 bridgehead atoms. The molecule has 10 rings (SSSR count). The van der Waals surface area contributed by atoms with Gasteiger partial charge < -0.3 is 15.1 Å². The van der Waals surface area contributed by atoms with Crippen molar-refractivity contribution < 1.29 is 0 Å². The van der Waals surface area contributed by atoms with Crippen LogP contribution in [0.15, 0.2) is 168 Å². The largest absolute Gasteiger partial charge is 0.346 e. The summed E-state index contributed by atoms with van der Waals surface area (Å²) < 4.78 is 0. The van der Waals surface area contributed by atoms with Gasteiger partial charge in [-0.25, -0.2) is 0 Å². The Morgan fingerprint density at radius 1 is 0.735 bits per heavy atom. The van der Waals surface area contributed by atoms with E-state index in [1.165, 1.54) is 51.5 Å². The maximum atomic E-state index is 5.17. The Bertz CT molecular complexity index is 2240. The Morgan fingerprint density at radius 3 is 2.45 bits per heavy atom. The molecule has 0 aromatic heterocycles. The van der Waals surface area contributed by atoms with E-state index in [2.05, 4.69) is 161 Å². The van der Waals surface area contributed by atoms with Gasteiger partial charge in [0.25, 0.3) is 0 Å². The SMILES string of the molecule is C1=CC(N2C3=CCC(C4=CC5C(C=C4)c4ccccc4N5C4=c5ccccc5=NC(c5ccccc5)N4)CC3c3ccccc32)=CCCC1. The summed E-state index contributed by atoms with van der Waals surface area (Å²) in [6.07, 6.45) is 22.8. The van der Waals surface area contributed by atoms with Gasteiger partial charge in [-0.2, -0.15) is 0 Å². The van der Waals surface area contributed by atoms with Crippen molar-refractivity contribution in [2.24, 2.45) is 10.9 Å². The second kappa shape index (κ2) is 11.7. The van der Waals surface area contributed by atoms with Gasteiger partial charge in [0.05, 0.1) is 11.4 Å². The lowest BCUT2D eigenvalue weighted by molar-refractivity contribution is 0.501. The molecule has 3 aliphatic heterocycles. The van der Waals surface area contributed by atoms with Crippen LogP contribution in [0.5, 0.6) is 0 Å². The van der Waals surface area contributed by atoms with Crippen molar-refractivity contribution in [3.63, 3.8) is 0 Å². The third-order valence-corrected chi connectivity index (χ3v) is 11.4. The van der Waals surface area contributed by atoms with E-state index < -0.39 is 0 Å². The lowest BCUT2D eigenvalue weighted by atomic mass is 9.75.